The van der Waals surface area contributed by atoms with Gasteiger partial charge in [0.15, 0.2) is 11.5 Å². The van der Waals surface area contributed by atoms with Crippen molar-refractivity contribution < 1.29 is 31.2 Å². The highest BCUT2D eigenvalue weighted by atomic mass is 35.5. The molecule has 0 aliphatic rings. The molecule has 0 aliphatic heterocycles. The Labute approximate surface area is 215 Å². The van der Waals surface area contributed by atoms with Crippen LogP contribution in [0.4, 0.5) is 24.8 Å². The monoisotopic (exact) mass is 583 g/mol. The number of sulfonamides is 1. The van der Waals surface area contributed by atoms with Crippen molar-refractivity contribution in [3.05, 3.63) is 56.0 Å². The van der Waals surface area contributed by atoms with Crippen molar-refractivity contribution in [2.24, 2.45) is 0 Å². The minimum absolute atomic E-state index is 0.0242. The van der Waals surface area contributed by atoms with E-state index in [4.69, 9.17) is 23.2 Å². The summed E-state index contributed by atoms with van der Waals surface area (Å²) >= 11 is 12.4. The molecule has 3 N–H and O–H groups in total. The molecule has 192 valence electrons. The van der Waals surface area contributed by atoms with Gasteiger partial charge < -0.3 is 10.6 Å². The second-order valence-corrected chi connectivity index (χ2v) is 10.6. The van der Waals surface area contributed by atoms with Crippen LogP contribution in [0.1, 0.15) is 43.7 Å². The fraction of sp³-hybridized carbons (Fsp3) is 0.222. The van der Waals surface area contributed by atoms with Crippen LogP contribution in [-0.2, 0) is 16.2 Å². The van der Waals surface area contributed by atoms with E-state index in [1.807, 2.05) is 0 Å². The van der Waals surface area contributed by atoms with E-state index < -0.39 is 44.6 Å². The smallest absolute Gasteiger partial charge is 0.342 e. The SMILES string of the molecule is CC(NC(=O)c1ncnc(NS(C)(=O)=O)c1Cl)c1ncc(C(=O)Nc2cc(C(F)(F)F)c(Cl)cn2)s1. The van der Waals surface area contributed by atoms with E-state index in [2.05, 4.69) is 35.3 Å². The Hall–Kier alpha value is -3.08. The van der Waals surface area contributed by atoms with E-state index in [1.165, 1.54) is 6.20 Å². The average Bonchev–Trinajstić information content (AvgIpc) is 3.25. The lowest BCUT2D eigenvalue weighted by molar-refractivity contribution is -0.137. The first-order valence-electron chi connectivity index (χ1n) is 9.44. The number of nitrogens with one attached hydrogen (secondary N) is 3. The third-order valence-electron chi connectivity index (χ3n) is 4.15. The maximum atomic E-state index is 13.0. The summed E-state index contributed by atoms with van der Waals surface area (Å²) in [6.45, 7) is 1.54. The number of hydrogen-bond donors (Lipinski definition) is 3. The summed E-state index contributed by atoms with van der Waals surface area (Å²) in [5, 5.41) is 4.10. The minimum atomic E-state index is -4.74. The quantitative estimate of drug-likeness (QED) is 0.379. The standard InChI is InChI=1S/C18H14Cl2F3N7O4S2/c1-7(28-16(32)13-12(20)14(27-6-26-13)30-36(2,33)34)17-25-5-10(35-17)15(31)29-11-3-8(18(21,22)23)9(19)4-24-11/h3-7H,1-2H3,(H,28,32)(H,24,29,31)(H,26,27,30). The summed E-state index contributed by atoms with van der Waals surface area (Å²) in [5.41, 5.74) is -1.47. The lowest BCUT2D eigenvalue weighted by atomic mass is 10.2. The zero-order valence-corrected chi connectivity index (χ0v) is 21.2. The van der Waals surface area contributed by atoms with Crippen LogP contribution in [0.3, 0.4) is 0 Å². The van der Waals surface area contributed by atoms with Crippen molar-refractivity contribution >= 4 is 68.0 Å². The van der Waals surface area contributed by atoms with Gasteiger partial charge in [-0.1, -0.05) is 23.2 Å². The van der Waals surface area contributed by atoms with Gasteiger partial charge in [0.2, 0.25) is 10.0 Å². The molecule has 0 spiro atoms. The van der Waals surface area contributed by atoms with Gasteiger partial charge in [-0.2, -0.15) is 13.2 Å². The Morgan fingerprint density at radius 1 is 1.08 bits per heavy atom. The summed E-state index contributed by atoms with van der Waals surface area (Å²) in [5.74, 6) is -2.22. The van der Waals surface area contributed by atoms with Crippen molar-refractivity contribution in [1.29, 1.82) is 0 Å². The maximum Gasteiger partial charge on any atom is 0.418 e. The van der Waals surface area contributed by atoms with Gasteiger partial charge in [0.1, 0.15) is 27.1 Å². The normalized spacial score (nSPS) is 12.6. The molecule has 0 saturated carbocycles. The summed E-state index contributed by atoms with van der Waals surface area (Å²) in [6.07, 6.45) is -0.977. The molecule has 1 unspecified atom stereocenters. The molecule has 3 aromatic rings. The van der Waals surface area contributed by atoms with E-state index in [0.717, 1.165) is 30.1 Å². The van der Waals surface area contributed by atoms with Crippen molar-refractivity contribution in [3.63, 3.8) is 0 Å². The molecule has 36 heavy (non-hydrogen) atoms. The van der Waals surface area contributed by atoms with Gasteiger partial charge in [0, 0.05) is 6.20 Å². The van der Waals surface area contributed by atoms with Crippen LogP contribution in [0.25, 0.3) is 0 Å². The molecule has 0 aromatic carbocycles. The largest absolute Gasteiger partial charge is 0.418 e. The molecule has 0 saturated heterocycles. The van der Waals surface area contributed by atoms with E-state index >= 15 is 0 Å². The molecule has 11 nitrogen and oxygen atoms in total. The lowest BCUT2D eigenvalue weighted by Crippen LogP contribution is -2.28. The average molecular weight is 584 g/mol. The number of rotatable bonds is 7. The maximum absolute atomic E-state index is 13.0. The Kier molecular flexibility index (Phi) is 8.02. The van der Waals surface area contributed by atoms with Crippen molar-refractivity contribution in [3.8, 4) is 0 Å². The molecular weight excluding hydrogens is 570 g/mol. The fourth-order valence-electron chi connectivity index (χ4n) is 2.60. The number of aromatic nitrogens is 4. The number of carbonyl (C=O) groups excluding carboxylic acids is 2. The van der Waals surface area contributed by atoms with E-state index in [9.17, 15) is 31.2 Å². The summed E-state index contributed by atoms with van der Waals surface area (Å²) in [7, 11) is -3.72. The second kappa shape index (κ2) is 10.5. The third-order valence-corrected chi connectivity index (χ3v) is 6.56. The van der Waals surface area contributed by atoms with Crippen LogP contribution in [0.5, 0.6) is 0 Å². The number of pyridine rings is 1. The molecule has 18 heteroatoms. The molecule has 0 fully saturated rings. The topological polar surface area (TPSA) is 156 Å². The van der Waals surface area contributed by atoms with Gasteiger partial charge >= 0.3 is 6.18 Å². The first-order chi connectivity index (χ1) is 16.7. The number of thiazole rings is 1. The Morgan fingerprint density at radius 3 is 2.42 bits per heavy atom. The van der Waals surface area contributed by atoms with Crippen LogP contribution < -0.4 is 15.4 Å². The fourth-order valence-corrected chi connectivity index (χ4v) is 4.42. The molecular formula is C18H14Cl2F3N7O4S2. The van der Waals surface area contributed by atoms with Gasteiger partial charge in [-0.25, -0.2) is 28.4 Å². The zero-order valence-electron chi connectivity index (χ0n) is 18.0. The summed E-state index contributed by atoms with van der Waals surface area (Å²) in [4.78, 5) is 40.3. The van der Waals surface area contributed by atoms with Crippen LogP contribution >= 0.6 is 34.5 Å². The van der Waals surface area contributed by atoms with Crippen molar-refractivity contribution in [2.45, 2.75) is 19.1 Å². The van der Waals surface area contributed by atoms with E-state index in [1.54, 1.807) is 6.92 Å². The Balaban J connectivity index is 1.71. The number of amides is 2. The van der Waals surface area contributed by atoms with Crippen LogP contribution in [-0.4, -0.2) is 46.4 Å². The number of halogens is 5. The van der Waals surface area contributed by atoms with Gasteiger partial charge in [-0.05, 0) is 13.0 Å². The molecule has 3 heterocycles. The Morgan fingerprint density at radius 2 is 1.78 bits per heavy atom. The van der Waals surface area contributed by atoms with Crippen LogP contribution in [0.15, 0.2) is 24.8 Å². The molecule has 0 bridgehead atoms. The van der Waals surface area contributed by atoms with Crippen LogP contribution in [0.2, 0.25) is 10.0 Å². The highest BCUT2D eigenvalue weighted by Crippen LogP contribution is 2.35. The number of nitrogens with zero attached hydrogens (tertiary/aromatic N) is 4. The van der Waals surface area contributed by atoms with Gasteiger partial charge in [0.25, 0.3) is 11.8 Å². The predicted molar refractivity (Wildman–Crippen MR) is 126 cm³/mol. The number of hydrogen-bond acceptors (Lipinski definition) is 9. The summed E-state index contributed by atoms with van der Waals surface area (Å²) in [6, 6.07) is -0.157. The Bertz CT molecular complexity index is 1430. The van der Waals surface area contributed by atoms with Gasteiger partial charge in [-0.15, -0.1) is 11.3 Å². The molecule has 3 rings (SSSR count). The van der Waals surface area contributed by atoms with Gasteiger partial charge in [0.05, 0.1) is 29.1 Å². The molecule has 0 radical (unpaired) electrons. The number of alkyl halides is 3. The third kappa shape index (κ3) is 6.77. The molecule has 1 atom stereocenters. The predicted octanol–water partition coefficient (Wildman–Crippen LogP) is 3.77. The van der Waals surface area contributed by atoms with Crippen molar-refractivity contribution in [2.75, 3.05) is 16.3 Å². The number of carbonyl (C=O) groups is 2. The first-order valence-corrected chi connectivity index (χ1v) is 12.9. The first kappa shape index (κ1) is 27.5. The van der Waals surface area contributed by atoms with Gasteiger partial charge in [-0.3, -0.25) is 14.3 Å². The minimum Gasteiger partial charge on any atom is -0.342 e. The van der Waals surface area contributed by atoms with E-state index in [0.29, 0.717) is 6.07 Å². The molecule has 2 amide bonds. The lowest BCUT2D eigenvalue weighted by Gasteiger charge is -2.12. The number of anilines is 2. The second-order valence-electron chi connectivity index (χ2n) is 7.02. The van der Waals surface area contributed by atoms with Crippen LogP contribution in [0, 0.1) is 0 Å². The highest BCUT2D eigenvalue weighted by Gasteiger charge is 2.34. The zero-order chi connectivity index (χ0) is 26.8. The highest BCUT2D eigenvalue weighted by molar-refractivity contribution is 7.92. The van der Waals surface area contributed by atoms with E-state index in [-0.39, 0.29) is 32.2 Å². The van der Waals surface area contributed by atoms with Crippen molar-refractivity contribution in [1.82, 2.24) is 25.3 Å². The molecule has 0 aliphatic carbocycles. The molecule has 3 aromatic heterocycles. The summed E-state index contributed by atoms with van der Waals surface area (Å²) < 4.78 is 63.9.